The van der Waals surface area contributed by atoms with Crippen LogP contribution in [0.25, 0.3) is 0 Å². The van der Waals surface area contributed by atoms with Crippen molar-refractivity contribution in [2.75, 3.05) is 19.7 Å². The molecule has 1 atom stereocenters. The van der Waals surface area contributed by atoms with Crippen molar-refractivity contribution < 1.29 is 14.1 Å². The highest BCUT2D eigenvalue weighted by molar-refractivity contribution is 5.79. The highest BCUT2D eigenvalue weighted by Gasteiger charge is 2.28. The van der Waals surface area contributed by atoms with Crippen molar-refractivity contribution in [2.24, 2.45) is 0 Å². The van der Waals surface area contributed by atoms with Gasteiger partial charge in [0.1, 0.15) is 17.7 Å². The maximum Gasteiger partial charge on any atom is 0.251 e. The second kappa shape index (κ2) is 6.56. The largest absolute Gasteiger partial charge is 0.367 e. The third-order valence-corrected chi connectivity index (χ3v) is 4.12. The van der Waals surface area contributed by atoms with Gasteiger partial charge in [0.25, 0.3) is 5.56 Å². The number of ether oxygens (including phenoxy) is 1. The SMILES string of the molecule is Cc1cc(=O)[nH]c([C@H]2CN(C(=O)Cc3c(C)noc3C)CCO2)n1. The molecule has 0 aliphatic carbocycles. The number of nitrogens with one attached hydrogen (secondary N) is 1. The predicted molar refractivity (Wildman–Crippen MR) is 84.5 cm³/mol. The summed E-state index contributed by atoms with van der Waals surface area (Å²) >= 11 is 0. The standard InChI is InChI=1S/C16H20N4O4/c1-9-6-14(21)18-16(17-9)13-8-20(4-5-23-13)15(22)7-12-10(2)19-24-11(12)3/h6,13H,4-5,7-8H2,1-3H3,(H,17,18,21)/t13-/m1/s1. The van der Waals surface area contributed by atoms with E-state index in [2.05, 4.69) is 15.1 Å². The van der Waals surface area contributed by atoms with Crippen LogP contribution in [-0.4, -0.2) is 45.6 Å². The Morgan fingerprint density at radius 1 is 1.42 bits per heavy atom. The molecule has 0 spiro atoms. The number of amides is 1. The number of aryl methyl sites for hydroxylation is 3. The van der Waals surface area contributed by atoms with Gasteiger partial charge in [-0.15, -0.1) is 0 Å². The predicted octanol–water partition coefficient (Wildman–Crippen LogP) is 0.826. The van der Waals surface area contributed by atoms with Crippen LogP contribution in [0.2, 0.25) is 0 Å². The molecule has 0 aromatic carbocycles. The fourth-order valence-electron chi connectivity index (χ4n) is 2.81. The van der Waals surface area contributed by atoms with Crippen molar-refractivity contribution >= 4 is 5.91 Å². The summed E-state index contributed by atoms with van der Waals surface area (Å²) in [6.45, 7) is 6.63. The average molecular weight is 332 g/mol. The second-order valence-corrected chi connectivity index (χ2v) is 5.95. The third-order valence-electron chi connectivity index (χ3n) is 4.12. The van der Waals surface area contributed by atoms with E-state index in [1.165, 1.54) is 6.07 Å². The van der Waals surface area contributed by atoms with Gasteiger partial charge in [-0.2, -0.15) is 0 Å². The van der Waals surface area contributed by atoms with E-state index in [0.717, 1.165) is 11.3 Å². The van der Waals surface area contributed by atoms with Crippen molar-refractivity contribution in [2.45, 2.75) is 33.3 Å². The molecule has 128 valence electrons. The molecule has 1 aliphatic rings. The van der Waals surface area contributed by atoms with E-state index < -0.39 is 6.10 Å². The number of hydrogen-bond donors (Lipinski definition) is 1. The highest BCUT2D eigenvalue weighted by Crippen LogP contribution is 2.20. The molecule has 2 aromatic heterocycles. The number of rotatable bonds is 3. The van der Waals surface area contributed by atoms with Gasteiger partial charge >= 0.3 is 0 Å². The van der Waals surface area contributed by atoms with Crippen LogP contribution in [0.5, 0.6) is 0 Å². The number of aromatic nitrogens is 3. The molecular formula is C16H20N4O4. The van der Waals surface area contributed by atoms with E-state index >= 15 is 0 Å². The minimum atomic E-state index is -0.431. The molecule has 1 saturated heterocycles. The molecule has 3 rings (SSSR count). The van der Waals surface area contributed by atoms with Crippen LogP contribution in [-0.2, 0) is 16.0 Å². The van der Waals surface area contributed by atoms with Gasteiger partial charge in [-0.3, -0.25) is 9.59 Å². The van der Waals surface area contributed by atoms with Gasteiger partial charge in [0, 0.05) is 23.9 Å². The number of morpholine rings is 1. The molecule has 24 heavy (non-hydrogen) atoms. The molecule has 0 unspecified atom stereocenters. The lowest BCUT2D eigenvalue weighted by Crippen LogP contribution is -2.43. The van der Waals surface area contributed by atoms with Gasteiger partial charge < -0.3 is 19.1 Å². The summed E-state index contributed by atoms with van der Waals surface area (Å²) < 4.78 is 10.8. The Morgan fingerprint density at radius 3 is 2.88 bits per heavy atom. The lowest BCUT2D eigenvalue weighted by Gasteiger charge is -2.32. The van der Waals surface area contributed by atoms with Crippen LogP contribution >= 0.6 is 0 Å². The minimum Gasteiger partial charge on any atom is -0.367 e. The first-order chi connectivity index (χ1) is 11.4. The van der Waals surface area contributed by atoms with E-state index in [4.69, 9.17) is 9.26 Å². The molecule has 0 radical (unpaired) electrons. The number of carbonyl (C=O) groups is 1. The first-order valence-electron chi connectivity index (χ1n) is 7.83. The fourth-order valence-corrected chi connectivity index (χ4v) is 2.81. The molecule has 8 nitrogen and oxygen atoms in total. The first kappa shape index (κ1) is 16.4. The Kier molecular flexibility index (Phi) is 4.48. The topological polar surface area (TPSA) is 101 Å². The summed E-state index contributed by atoms with van der Waals surface area (Å²) in [4.78, 5) is 32.9. The Bertz CT molecular complexity index is 791. The minimum absolute atomic E-state index is 0.0206. The molecule has 1 amide bonds. The molecule has 1 N–H and O–H groups in total. The van der Waals surface area contributed by atoms with Crippen molar-refractivity contribution in [1.82, 2.24) is 20.0 Å². The van der Waals surface area contributed by atoms with E-state index in [1.54, 1.807) is 18.7 Å². The van der Waals surface area contributed by atoms with Crippen molar-refractivity contribution in [3.8, 4) is 0 Å². The Balaban J connectivity index is 1.73. The lowest BCUT2D eigenvalue weighted by molar-refractivity contribution is -0.138. The Hall–Kier alpha value is -2.48. The van der Waals surface area contributed by atoms with E-state index in [0.29, 0.717) is 37.0 Å². The maximum absolute atomic E-state index is 12.6. The van der Waals surface area contributed by atoms with Gasteiger partial charge in [-0.1, -0.05) is 5.16 Å². The number of aromatic amines is 1. The maximum atomic E-state index is 12.6. The van der Waals surface area contributed by atoms with Crippen molar-refractivity contribution in [3.63, 3.8) is 0 Å². The summed E-state index contributed by atoms with van der Waals surface area (Å²) in [5.74, 6) is 1.10. The number of carbonyl (C=O) groups excluding carboxylic acids is 1. The van der Waals surface area contributed by atoms with Crippen molar-refractivity contribution in [3.05, 3.63) is 45.0 Å². The number of H-pyrrole nitrogens is 1. The van der Waals surface area contributed by atoms with E-state index in [1.807, 2.05) is 6.92 Å². The summed E-state index contributed by atoms with van der Waals surface area (Å²) in [5.41, 5.74) is 1.96. The van der Waals surface area contributed by atoms with Crippen molar-refractivity contribution in [1.29, 1.82) is 0 Å². The summed E-state index contributed by atoms with van der Waals surface area (Å²) in [5, 5.41) is 3.88. The first-order valence-corrected chi connectivity index (χ1v) is 7.83. The molecule has 0 bridgehead atoms. The fraction of sp³-hybridized carbons (Fsp3) is 0.500. The third kappa shape index (κ3) is 3.38. The molecule has 1 fully saturated rings. The number of nitrogens with zero attached hydrogens (tertiary/aromatic N) is 3. The highest BCUT2D eigenvalue weighted by atomic mass is 16.5. The summed E-state index contributed by atoms with van der Waals surface area (Å²) in [7, 11) is 0. The molecule has 0 saturated carbocycles. The van der Waals surface area contributed by atoms with Crippen LogP contribution in [0.1, 0.15) is 34.6 Å². The van der Waals surface area contributed by atoms with Crippen LogP contribution in [0, 0.1) is 20.8 Å². The zero-order chi connectivity index (χ0) is 17.3. The molecular weight excluding hydrogens is 312 g/mol. The monoisotopic (exact) mass is 332 g/mol. The zero-order valence-corrected chi connectivity index (χ0v) is 14.0. The quantitative estimate of drug-likeness (QED) is 0.893. The lowest BCUT2D eigenvalue weighted by atomic mass is 10.1. The van der Waals surface area contributed by atoms with E-state index in [9.17, 15) is 9.59 Å². The summed E-state index contributed by atoms with van der Waals surface area (Å²) in [6.07, 6.45) is -0.189. The molecule has 8 heteroatoms. The van der Waals surface area contributed by atoms with Gasteiger partial charge in [0.15, 0.2) is 0 Å². The molecule has 2 aromatic rings. The second-order valence-electron chi connectivity index (χ2n) is 5.95. The van der Waals surface area contributed by atoms with Gasteiger partial charge in [-0.25, -0.2) is 4.98 Å². The van der Waals surface area contributed by atoms with Crippen LogP contribution in [0.4, 0.5) is 0 Å². The van der Waals surface area contributed by atoms with Gasteiger partial charge in [0.05, 0.1) is 25.3 Å². The zero-order valence-electron chi connectivity index (χ0n) is 14.0. The van der Waals surface area contributed by atoms with Gasteiger partial charge in [-0.05, 0) is 20.8 Å². The number of hydrogen-bond acceptors (Lipinski definition) is 6. The Labute approximate surface area is 138 Å². The summed E-state index contributed by atoms with van der Waals surface area (Å²) in [6, 6.07) is 1.42. The molecule has 3 heterocycles. The van der Waals surface area contributed by atoms with Crippen LogP contribution in [0.3, 0.4) is 0 Å². The average Bonchev–Trinajstić information content (AvgIpc) is 2.86. The molecule has 1 aliphatic heterocycles. The van der Waals surface area contributed by atoms with Gasteiger partial charge in [0.2, 0.25) is 5.91 Å². The van der Waals surface area contributed by atoms with Crippen LogP contribution < -0.4 is 5.56 Å². The van der Waals surface area contributed by atoms with E-state index in [-0.39, 0.29) is 17.9 Å². The van der Waals surface area contributed by atoms with Crippen LogP contribution in [0.15, 0.2) is 15.4 Å². The normalized spacial score (nSPS) is 18.0. The smallest absolute Gasteiger partial charge is 0.251 e. The Morgan fingerprint density at radius 2 is 2.21 bits per heavy atom.